The van der Waals surface area contributed by atoms with Gasteiger partial charge in [-0.2, -0.15) is 0 Å². The minimum atomic E-state index is -2.88. The van der Waals surface area contributed by atoms with Gasteiger partial charge in [-0.25, -0.2) is 18.6 Å². The van der Waals surface area contributed by atoms with Gasteiger partial charge in [0.2, 0.25) is 0 Å². The Morgan fingerprint density at radius 2 is 2.06 bits per heavy atom. The van der Waals surface area contributed by atoms with Crippen molar-refractivity contribution in [1.82, 2.24) is 4.98 Å². The number of alkyl halides is 2. The number of pyridine rings is 1. The molecule has 0 aliphatic heterocycles. The number of ether oxygens (including phenoxy) is 2. The Hall–Kier alpha value is -1.92. The van der Waals surface area contributed by atoms with Crippen molar-refractivity contribution in [3.8, 4) is 11.6 Å². The first-order chi connectivity index (χ1) is 7.51. The summed E-state index contributed by atoms with van der Waals surface area (Å²) in [5.41, 5.74) is -1.08. The zero-order chi connectivity index (χ0) is 12.3. The normalized spacial score (nSPS) is 10.3. The van der Waals surface area contributed by atoms with Gasteiger partial charge >= 0.3 is 5.97 Å². The molecule has 0 amide bonds. The van der Waals surface area contributed by atoms with E-state index in [-0.39, 0.29) is 11.6 Å². The maximum atomic E-state index is 12.4. The molecule has 0 saturated carbocycles. The van der Waals surface area contributed by atoms with Gasteiger partial charge in [-0.15, -0.1) is 0 Å². The molecule has 88 valence electrons. The Morgan fingerprint density at radius 1 is 1.44 bits per heavy atom. The summed E-state index contributed by atoms with van der Waals surface area (Å²) in [5, 5.41) is 8.81. The maximum Gasteiger partial charge on any atom is 0.339 e. The number of nitrogens with zero attached hydrogens (tertiary/aromatic N) is 1. The zero-order valence-corrected chi connectivity index (χ0v) is 8.53. The van der Waals surface area contributed by atoms with Crippen LogP contribution in [-0.2, 0) is 0 Å². The summed E-state index contributed by atoms with van der Waals surface area (Å²) < 4.78 is 34.3. The van der Waals surface area contributed by atoms with Gasteiger partial charge in [0.1, 0.15) is 11.3 Å². The predicted molar refractivity (Wildman–Crippen MR) is 49.3 cm³/mol. The van der Waals surface area contributed by atoms with E-state index in [0.717, 1.165) is 6.07 Å². The van der Waals surface area contributed by atoms with Crippen LogP contribution in [0.5, 0.6) is 11.6 Å². The van der Waals surface area contributed by atoms with Crippen LogP contribution in [0.4, 0.5) is 8.78 Å². The fourth-order valence-electron chi connectivity index (χ4n) is 1.14. The van der Waals surface area contributed by atoms with Gasteiger partial charge in [-0.3, -0.25) is 0 Å². The monoisotopic (exact) mass is 233 g/mol. The van der Waals surface area contributed by atoms with Crippen LogP contribution in [0.25, 0.3) is 0 Å². The molecule has 16 heavy (non-hydrogen) atoms. The first-order valence-electron chi connectivity index (χ1n) is 4.15. The summed E-state index contributed by atoms with van der Waals surface area (Å²) in [7, 11) is 2.39. The highest BCUT2D eigenvalue weighted by atomic mass is 19.3. The van der Waals surface area contributed by atoms with Gasteiger partial charge in [0.15, 0.2) is 5.75 Å². The second kappa shape index (κ2) is 4.73. The molecule has 0 radical (unpaired) electrons. The number of carbonyl (C=O) groups is 1. The third kappa shape index (κ3) is 2.18. The van der Waals surface area contributed by atoms with Gasteiger partial charge < -0.3 is 14.6 Å². The van der Waals surface area contributed by atoms with Crippen molar-refractivity contribution in [2.24, 2.45) is 0 Å². The molecule has 1 heterocycles. The second-order valence-corrected chi connectivity index (χ2v) is 2.74. The van der Waals surface area contributed by atoms with Crippen molar-refractivity contribution in [2.75, 3.05) is 14.2 Å². The van der Waals surface area contributed by atoms with E-state index in [1.165, 1.54) is 14.2 Å². The Balaban J connectivity index is 3.43. The molecule has 7 heteroatoms. The lowest BCUT2D eigenvalue weighted by molar-refractivity contribution is 0.0691. The lowest BCUT2D eigenvalue weighted by Crippen LogP contribution is -2.06. The molecule has 1 aromatic heterocycles. The van der Waals surface area contributed by atoms with Crippen LogP contribution in [0.3, 0.4) is 0 Å². The Morgan fingerprint density at radius 3 is 2.44 bits per heavy atom. The van der Waals surface area contributed by atoms with Crippen LogP contribution in [0.2, 0.25) is 0 Å². The summed E-state index contributed by atoms with van der Waals surface area (Å²) in [6, 6.07) is 0.758. The summed E-state index contributed by atoms with van der Waals surface area (Å²) in [5.74, 6) is -1.85. The SMILES string of the molecule is COc1nc(C(F)F)cc(C(=O)O)c1OC. The summed E-state index contributed by atoms with van der Waals surface area (Å²) in [4.78, 5) is 14.3. The topological polar surface area (TPSA) is 68.7 Å². The standard InChI is InChI=1S/C9H9F2NO4/c1-15-6-4(9(13)14)3-5(7(10)11)12-8(6)16-2/h3,7H,1-2H3,(H,13,14). The van der Waals surface area contributed by atoms with E-state index < -0.39 is 23.7 Å². The minimum absolute atomic E-state index is 0.181. The molecule has 0 saturated heterocycles. The average Bonchev–Trinajstić information content (AvgIpc) is 2.26. The molecule has 0 unspecified atom stereocenters. The van der Waals surface area contributed by atoms with Crippen molar-refractivity contribution >= 4 is 5.97 Å². The molecule has 1 N–H and O–H groups in total. The molecule has 1 rings (SSSR count). The highest BCUT2D eigenvalue weighted by molar-refractivity contribution is 5.91. The summed E-state index contributed by atoms with van der Waals surface area (Å²) in [6.45, 7) is 0. The first-order valence-corrected chi connectivity index (χ1v) is 4.15. The number of rotatable bonds is 4. The number of carboxylic acids is 1. The Bertz CT molecular complexity index is 409. The fourth-order valence-corrected chi connectivity index (χ4v) is 1.14. The predicted octanol–water partition coefficient (Wildman–Crippen LogP) is 1.73. The highest BCUT2D eigenvalue weighted by Crippen LogP contribution is 2.32. The largest absolute Gasteiger partial charge is 0.491 e. The summed E-state index contributed by atoms with van der Waals surface area (Å²) in [6.07, 6.45) is -2.88. The molecule has 0 aromatic carbocycles. The van der Waals surface area contributed by atoms with Crippen molar-refractivity contribution in [3.63, 3.8) is 0 Å². The van der Waals surface area contributed by atoms with E-state index in [4.69, 9.17) is 9.84 Å². The smallest absolute Gasteiger partial charge is 0.339 e. The van der Waals surface area contributed by atoms with E-state index in [1.54, 1.807) is 0 Å². The Labute approximate surface area is 89.6 Å². The molecule has 0 bridgehead atoms. The lowest BCUT2D eigenvalue weighted by atomic mass is 10.2. The number of aromatic nitrogens is 1. The molecular formula is C9H9F2NO4. The van der Waals surface area contributed by atoms with Crippen LogP contribution in [0, 0.1) is 0 Å². The van der Waals surface area contributed by atoms with Crippen LogP contribution < -0.4 is 9.47 Å². The lowest BCUT2D eigenvalue weighted by Gasteiger charge is -2.11. The molecular weight excluding hydrogens is 224 g/mol. The van der Waals surface area contributed by atoms with Crippen LogP contribution >= 0.6 is 0 Å². The quantitative estimate of drug-likeness (QED) is 0.857. The third-order valence-electron chi connectivity index (χ3n) is 1.81. The number of halogens is 2. The maximum absolute atomic E-state index is 12.4. The van der Waals surface area contributed by atoms with Gasteiger partial charge in [0.25, 0.3) is 12.3 Å². The van der Waals surface area contributed by atoms with E-state index in [2.05, 4.69) is 9.72 Å². The van der Waals surface area contributed by atoms with E-state index in [1.807, 2.05) is 0 Å². The van der Waals surface area contributed by atoms with Gasteiger partial charge in [-0.05, 0) is 6.07 Å². The zero-order valence-electron chi connectivity index (χ0n) is 8.53. The van der Waals surface area contributed by atoms with Crippen LogP contribution in [-0.4, -0.2) is 30.3 Å². The minimum Gasteiger partial charge on any atom is -0.491 e. The number of hydrogen-bond donors (Lipinski definition) is 1. The first kappa shape index (κ1) is 12.2. The molecule has 0 fully saturated rings. The van der Waals surface area contributed by atoms with E-state index in [0.29, 0.717) is 0 Å². The van der Waals surface area contributed by atoms with E-state index >= 15 is 0 Å². The molecule has 0 aliphatic carbocycles. The highest BCUT2D eigenvalue weighted by Gasteiger charge is 2.22. The van der Waals surface area contributed by atoms with Crippen molar-refractivity contribution < 1.29 is 28.2 Å². The molecule has 1 aromatic rings. The molecule has 0 atom stereocenters. The van der Waals surface area contributed by atoms with Gasteiger partial charge in [0.05, 0.1) is 14.2 Å². The number of carboxylic acid groups (broad SMARTS) is 1. The molecule has 0 aliphatic rings. The molecule has 5 nitrogen and oxygen atoms in total. The van der Waals surface area contributed by atoms with Crippen molar-refractivity contribution in [1.29, 1.82) is 0 Å². The number of hydrogen-bond acceptors (Lipinski definition) is 4. The summed E-state index contributed by atoms with van der Waals surface area (Å²) >= 11 is 0. The van der Waals surface area contributed by atoms with Crippen LogP contribution in [0.15, 0.2) is 6.07 Å². The fraction of sp³-hybridized carbons (Fsp3) is 0.333. The van der Waals surface area contributed by atoms with Crippen molar-refractivity contribution in [2.45, 2.75) is 6.43 Å². The van der Waals surface area contributed by atoms with Gasteiger partial charge in [-0.1, -0.05) is 0 Å². The van der Waals surface area contributed by atoms with E-state index in [9.17, 15) is 13.6 Å². The van der Waals surface area contributed by atoms with Crippen LogP contribution in [0.1, 0.15) is 22.5 Å². The molecule has 0 spiro atoms. The van der Waals surface area contributed by atoms with Gasteiger partial charge in [0, 0.05) is 0 Å². The Kier molecular flexibility index (Phi) is 3.60. The number of methoxy groups -OCH3 is 2. The average molecular weight is 233 g/mol. The second-order valence-electron chi connectivity index (χ2n) is 2.74. The van der Waals surface area contributed by atoms with Crippen molar-refractivity contribution in [3.05, 3.63) is 17.3 Å². The third-order valence-corrected chi connectivity index (χ3v) is 1.81. The number of aromatic carboxylic acids is 1.